The number of carbonyl (C=O) groups excluding carboxylic acids is 1. The Balaban J connectivity index is 1.89. The molecule has 0 spiro atoms. The molecule has 0 atom stereocenters. The fourth-order valence-corrected chi connectivity index (χ4v) is 1.38. The zero-order valence-electron chi connectivity index (χ0n) is 8.71. The third-order valence-corrected chi connectivity index (χ3v) is 2.23. The van der Waals surface area contributed by atoms with Crippen LogP contribution in [0.1, 0.15) is 10.4 Å². The van der Waals surface area contributed by atoms with E-state index in [0.717, 1.165) is 0 Å². The number of hydrogen-bond donors (Lipinski definition) is 1. The Morgan fingerprint density at radius 2 is 1.88 bits per heavy atom. The lowest BCUT2D eigenvalue weighted by molar-refractivity contribution is 0.0955. The Hall–Kier alpha value is -2.16. The molecule has 1 aromatic rings. The maximum Gasteiger partial charge on any atom is 0.271 e. The van der Waals surface area contributed by atoms with Crippen LogP contribution in [0.2, 0.25) is 0 Å². The summed E-state index contributed by atoms with van der Waals surface area (Å²) in [6.45, 7) is 0. The van der Waals surface area contributed by atoms with Crippen molar-refractivity contribution in [3.05, 3.63) is 60.2 Å². The Bertz CT molecular complexity index is 434. The van der Waals surface area contributed by atoms with E-state index >= 15 is 0 Å². The predicted octanol–water partition coefficient (Wildman–Crippen LogP) is 2.14. The molecule has 3 heteroatoms. The summed E-state index contributed by atoms with van der Waals surface area (Å²) < 4.78 is 0. The molecule has 0 radical (unpaired) electrons. The molecular formula is C13H12N2O. The van der Waals surface area contributed by atoms with Crippen molar-refractivity contribution < 1.29 is 4.79 Å². The van der Waals surface area contributed by atoms with Crippen LogP contribution < -0.4 is 5.43 Å². The smallest absolute Gasteiger partial charge is 0.267 e. The van der Waals surface area contributed by atoms with Crippen molar-refractivity contribution in [2.45, 2.75) is 0 Å². The van der Waals surface area contributed by atoms with Gasteiger partial charge in [-0.2, -0.15) is 5.10 Å². The zero-order chi connectivity index (χ0) is 11.2. The maximum atomic E-state index is 11.6. The first-order valence-corrected chi connectivity index (χ1v) is 5.10. The van der Waals surface area contributed by atoms with Gasteiger partial charge in [-0.05, 0) is 12.1 Å². The lowest BCUT2D eigenvalue weighted by Crippen LogP contribution is -2.17. The number of nitrogens with one attached hydrogen (secondary N) is 1. The zero-order valence-corrected chi connectivity index (χ0v) is 8.71. The van der Waals surface area contributed by atoms with Crippen molar-refractivity contribution in [3.8, 4) is 0 Å². The van der Waals surface area contributed by atoms with Crippen LogP contribution in [0.4, 0.5) is 0 Å². The summed E-state index contributed by atoms with van der Waals surface area (Å²) in [5, 5.41) is 3.90. The van der Waals surface area contributed by atoms with Crippen molar-refractivity contribution >= 4 is 12.1 Å². The second-order valence-corrected chi connectivity index (χ2v) is 3.43. The summed E-state index contributed by atoms with van der Waals surface area (Å²) in [7, 11) is 0. The van der Waals surface area contributed by atoms with Crippen LogP contribution in [-0.2, 0) is 0 Å². The monoisotopic (exact) mass is 212 g/mol. The lowest BCUT2D eigenvalue weighted by Gasteiger charge is -1.99. The fourth-order valence-electron chi connectivity index (χ4n) is 1.38. The van der Waals surface area contributed by atoms with Crippen molar-refractivity contribution in [3.63, 3.8) is 0 Å². The van der Waals surface area contributed by atoms with Gasteiger partial charge in [0.05, 0.1) is 0 Å². The van der Waals surface area contributed by atoms with E-state index in [2.05, 4.69) is 10.5 Å². The van der Waals surface area contributed by atoms with Crippen LogP contribution in [0.3, 0.4) is 0 Å². The van der Waals surface area contributed by atoms with E-state index in [1.165, 1.54) is 0 Å². The summed E-state index contributed by atoms with van der Waals surface area (Å²) in [5.41, 5.74) is 3.10. The van der Waals surface area contributed by atoms with E-state index in [9.17, 15) is 4.79 Å². The number of hydrazone groups is 1. The number of allylic oxidation sites excluding steroid dienone is 4. The van der Waals surface area contributed by atoms with E-state index in [4.69, 9.17) is 0 Å². The summed E-state index contributed by atoms with van der Waals surface area (Å²) >= 11 is 0. The molecule has 1 aromatic carbocycles. The van der Waals surface area contributed by atoms with Crippen LogP contribution in [0.25, 0.3) is 0 Å². The van der Waals surface area contributed by atoms with Gasteiger partial charge in [-0.1, -0.05) is 42.5 Å². The SMILES string of the molecule is O=C(NN=CC1C=CC=C1)c1ccccc1. The molecule has 0 aliphatic heterocycles. The number of hydrogen-bond acceptors (Lipinski definition) is 2. The van der Waals surface area contributed by atoms with Crippen LogP contribution in [0.5, 0.6) is 0 Å². The van der Waals surface area contributed by atoms with Crippen LogP contribution in [0, 0.1) is 5.92 Å². The van der Waals surface area contributed by atoms with Gasteiger partial charge in [-0.25, -0.2) is 5.43 Å². The number of amides is 1. The average molecular weight is 212 g/mol. The first kappa shape index (κ1) is 10.4. The van der Waals surface area contributed by atoms with E-state index in [1.54, 1.807) is 18.3 Å². The molecule has 2 rings (SSSR count). The first-order chi connectivity index (χ1) is 7.86. The molecular weight excluding hydrogens is 200 g/mol. The second-order valence-electron chi connectivity index (χ2n) is 3.43. The average Bonchev–Trinajstić information content (AvgIpc) is 2.83. The molecule has 1 N–H and O–H groups in total. The topological polar surface area (TPSA) is 41.5 Å². The molecule has 1 aliphatic carbocycles. The quantitative estimate of drug-likeness (QED) is 0.605. The molecule has 3 nitrogen and oxygen atoms in total. The van der Waals surface area contributed by atoms with Gasteiger partial charge in [0.25, 0.3) is 5.91 Å². The fraction of sp³-hybridized carbons (Fsp3) is 0.0769. The Morgan fingerprint density at radius 3 is 2.56 bits per heavy atom. The number of nitrogens with zero attached hydrogens (tertiary/aromatic N) is 1. The largest absolute Gasteiger partial charge is 0.271 e. The molecule has 0 unspecified atom stereocenters. The highest BCUT2D eigenvalue weighted by Gasteiger charge is 2.02. The summed E-state index contributed by atoms with van der Waals surface area (Å²) in [6.07, 6.45) is 9.60. The summed E-state index contributed by atoms with van der Waals surface area (Å²) in [4.78, 5) is 11.6. The molecule has 80 valence electrons. The lowest BCUT2D eigenvalue weighted by atomic mass is 10.2. The minimum absolute atomic E-state index is 0.191. The van der Waals surface area contributed by atoms with Gasteiger partial charge in [-0.15, -0.1) is 0 Å². The Morgan fingerprint density at radius 1 is 1.19 bits per heavy atom. The highest BCUT2D eigenvalue weighted by Crippen LogP contribution is 2.05. The molecule has 0 bridgehead atoms. The van der Waals surface area contributed by atoms with E-state index in [-0.39, 0.29) is 11.8 Å². The Kier molecular flexibility index (Phi) is 3.28. The van der Waals surface area contributed by atoms with Gasteiger partial charge in [-0.3, -0.25) is 4.79 Å². The van der Waals surface area contributed by atoms with Gasteiger partial charge in [0.15, 0.2) is 0 Å². The molecule has 1 amide bonds. The van der Waals surface area contributed by atoms with Crippen molar-refractivity contribution in [1.29, 1.82) is 0 Å². The molecule has 0 heterocycles. The molecule has 0 aromatic heterocycles. The minimum atomic E-state index is -0.192. The Labute approximate surface area is 94.2 Å². The van der Waals surface area contributed by atoms with Gasteiger partial charge in [0, 0.05) is 17.7 Å². The van der Waals surface area contributed by atoms with Crippen molar-refractivity contribution in [2.24, 2.45) is 11.0 Å². The van der Waals surface area contributed by atoms with Crippen LogP contribution in [-0.4, -0.2) is 12.1 Å². The van der Waals surface area contributed by atoms with Gasteiger partial charge in [0.2, 0.25) is 0 Å². The van der Waals surface area contributed by atoms with Crippen LogP contribution in [0.15, 0.2) is 59.7 Å². The number of rotatable bonds is 3. The van der Waals surface area contributed by atoms with E-state index in [0.29, 0.717) is 5.56 Å². The molecule has 0 fully saturated rings. The van der Waals surface area contributed by atoms with Gasteiger partial charge < -0.3 is 0 Å². The van der Waals surface area contributed by atoms with Gasteiger partial charge in [0.1, 0.15) is 0 Å². The number of carbonyl (C=O) groups is 1. The van der Waals surface area contributed by atoms with Crippen molar-refractivity contribution in [1.82, 2.24) is 5.43 Å². The van der Waals surface area contributed by atoms with Gasteiger partial charge >= 0.3 is 0 Å². The summed E-state index contributed by atoms with van der Waals surface area (Å²) in [5.74, 6) is -0.00104. The highest BCUT2D eigenvalue weighted by molar-refractivity contribution is 5.94. The predicted molar refractivity (Wildman–Crippen MR) is 64.2 cm³/mol. The van der Waals surface area contributed by atoms with E-state index in [1.807, 2.05) is 42.5 Å². The second kappa shape index (κ2) is 5.07. The number of benzene rings is 1. The third-order valence-electron chi connectivity index (χ3n) is 2.23. The van der Waals surface area contributed by atoms with Crippen LogP contribution >= 0.6 is 0 Å². The molecule has 1 aliphatic rings. The maximum absolute atomic E-state index is 11.6. The first-order valence-electron chi connectivity index (χ1n) is 5.10. The molecule has 16 heavy (non-hydrogen) atoms. The summed E-state index contributed by atoms with van der Waals surface area (Å²) in [6, 6.07) is 9.01. The normalized spacial score (nSPS) is 14.8. The standard InChI is InChI=1S/C13H12N2O/c16-13(12-8-2-1-3-9-12)15-14-10-11-6-4-5-7-11/h1-11H,(H,15,16). The molecule has 0 saturated carbocycles. The van der Waals surface area contributed by atoms with E-state index < -0.39 is 0 Å². The minimum Gasteiger partial charge on any atom is -0.267 e. The molecule has 0 saturated heterocycles. The van der Waals surface area contributed by atoms with Crippen molar-refractivity contribution in [2.75, 3.05) is 0 Å². The third kappa shape index (κ3) is 2.67. The highest BCUT2D eigenvalue weighted by atomic mass is 16.2.